The monoisotopic (exact) mass is 278 g/mol. The molecule has 5 nitrogen and oxygen atoms in total. The van der Waals surface area contributed by atoms with E-state index in [2.05, 4.69) is 47.6 Å². The minimum atomic E-state index is 0.497. The zero-order valence-electron chi connectivity index (χ0n) is 12.9. The number of guanidine groups is 1. The summed E-state index contributed by atoms with van der Waals surface area (Å²) >= 11 is 0. The molecule has 1 aromatic rings. The molecule has 2 unspecified atom stereocenters. The van der Waals surface area contributed by atoms with Crippen molar-refractivity contribution in [2.45, 2.75) is 58.5 Å². The summed E-state index contributed by atoms with van der Waals surface area (Å²) in [5.41, 5.74) is 1.06. The van der Waals surface area contributed by atoms with E-state index in [0.717, 1.165) is 36.2 Å². The molecule has 20 heavy (non-hydrogen) atoms. The third-order valence-corrected chi connectivity index (χ3v) is 4.07. The quantitative estimate of drug-likeness (QED) is 0.620. The Morgan fingerprint density at radius 3 is 2.75 bits per heavy atom. The van der Waals surface area contributed by atoms with Gasteiger partial charge in [0.15, 0.2) is 11.7 Å². The Morgan fingerprint density at radius 2 is 2.20 bits per heavy atom. The highest BCUT2D eigenvalue weighted by Crippen LogP contribution is 2.28. The number of hydrogen-bond donors (Lipinski definition) is 2. The molecule has 1 aromatic heterocycles. The van der Waals surface area contributed by atoms with Crippen LogP contribution in [0.2, 0.25) is 0 Å². The van der Waals surface area contributed by atoms with Gasteiger partial charge in [-0.25, -0.2) is 0 Å². The maximum Gasteiger partial charge on any atom is 0.191 e. The highest BCUT2D eigenvalue weighted by atomic mass is 16.5. The van der Waals surface area contributed by atoms with E-state index in [4.69, 9.17) is 4.52 Å². The Kier molecular flexibility index (Phi) is 5.04. The second-order valence-corrected chi connectivity index (χ2v) is 5.62. The maximum absolute atomic E-state index is 5.39. The molecule has 2 atom stereocenters. The van der Waals surface area contributed by atoms with E-state index in [9.17, 15) is 0 Å². The molecule has 0 aliphatic heterocycles. The van der Waals surface area contributed by atoms with E-state index in [1.807, 2.05) is 0 Å². The predicted octanol–water partition coefficient (Wildman–Crippen LogP) is 2.65. The van der Waals surface area contributed by atoms with E-state index in [-0.39, 0.29) is 0 Å². The van der Waals surface area contributed by atoms with Gasteiger partial charge in [0.25, 0.3) is 0 Å². The minimum Gasteiger partial charge on any atom is -0.359 e. The van der Waals surface area contributed by atoms with Crippen LogP contribution in [-0.4, -0.2) is 24.2 Å². The Morgan fingerprint density at radius 1 is 1.50 bits per heavy atom. The molecule has 5 heteroatoms. The van der Waals surface area contributed by atoms with E-state index in [1.165, 1.54) is 6.42 Å². The van der Waals surface area contributed by atoms with E-state index < -0.39 is 0 Å². The predicted molar refractivity (Wildman–Crippen MR) is 80.7 cm³/mol. The molecular formula is C15H26N4O. The summed E-state index contributed by atoms with van der Waals surface area (Å²) in [5, 5.41) is 10.8. The first-order valence-electron chi connectivity index (χ1n) is 7.60. The molecule has 1 aliphatic carbocycles. The van der Waals surface area contributed by atoms with Crippen molar-refractivity contribution in [3.05, 3.63) is 17.5 Å². The average molecular weight is 278 g/mol. The third-order valence-electron chi connectivity index (χ3n) is 4.07. The first-order chi connectivity index (χ1) is 9.67. The van der Waals surface area contributed by atoms with Gasteiger partial charge < -0.3 is 15.2 Å². The second-order valence-electron chi connectivity index (χ2n) is 5.62. The van der Waals surface area contributed by atoms with Crippen LogP contribution >= 0.6 is 0 Å². The van der Waals surface area contributed by atoms with Gasteiger partial charge in [-0.2, -0.15) is 0 Å². The van der Waals surface area contributed by atoms with Gasteiger partial charge in [0.1, 0.15) is 0 Å². The largest absolute Gasteiger partial charge is 0.359 e. The smallest absolute Gasteiger partial charge is 0.191 e. The van der Waals surface area contributed by atoms with Crippen molar-refractivity contribution >= 4 is 5.96 Å². The number of nitrogens with one attached hydrogen (secondary N) is 2. The number of aromatic nitrogens is 1. The van der Waals surface area contributed by atoms with Crippen molar-refractivity contribution in [1.82, 2.24) is 15.8 Å². The lowest BCUT2D eigenvalue weighted by molar-refractivity contribution is 0.368. The van der Waals surface area contributed by atoms with Crippen LogP contribution in [0.3, 0.4) is 0 Å². The van der Waals surface area contributed by atoms with Crippen LogP contribution in [0.1, 0.15) is 57.4 Å². The van der Waals surface area contributed by atoms with Crippen LogP contribution < -0.4 is 10.6 Å². The van der Waals surface area contributed by atoms with Gasteiger partial charge in [0.2, 0.25) is 0 Å². The summed E-state index contributed by atoms with van der Waals surface area (Å²) in [7, 11) is 1.79. The van der Waals surface area contributed by atoms with Crippen LogP contribution in [0, 0.1) is 5.92 Å². The van der Waals surface area contributed by atoms with E-state index in [1.54, 1.807) is 7.05 Å². The van der Waals surface area contributed by atoms with Crippen molar-refractivity contribution in [2.75, 3.05) is 7.05 Å². The van der Waals surface area contributed by atoms with Crippen LogP contribution in [0.15, 0.2) is 15.6 Å². The molecule has 112 valence electrons. The number of aliphatic imine (C=N–C) groups is 1. The molecule has 1 fully saturated rings. The lowest BCUT2D eigenvalue weighted by atomic mass is 9.99. The third kappa shape index (κ3) is 3.74. The summed E-state index contributed by atoms with van der Waals surface area (Å²) in [4.78, 5) is 4.22. The fourth-order valence-electron chi connectivity index (χ4n) is 2.38. The lowest BCUT2D eigenvalue weighted by Crippen LogP contribution is -2.38. The highest BCUT2D eigenvalue weighted by Gasteiger charge is 2.33. The van der Waals surface area contributed by atoms with Crippen molar-refractivity contribution in [2.24, 2.45) is 10.9 Å². The maximum atomic E-state index is 5.39. The van der Waals surface area contributed by atoms with Crippen molar-refractivity contribution in [3.63, 3.8) is 0 Å². The Bertz CT molecular complexity index is 450. The summed E-state index contributed by atoms with van der Waals surface area (Å²) in [6.45, 7) is 7.23. The molecule has 1 saturated carbocycles. The molecule has 0 aromatic carbocycles. The van der Waals surface area contributed by atoms with Crippen LogP contribution in [0.4, 0.5) is 0 Å². The molecule has 0 amide bonds. The van der Waals surface area contributed by atoms with Crippen molar-refractivity contribution in [1.29, 1.82) is 0 Å². The molecule has 0 spiro atoms. The number of hydrogen-bond acceptors (Lipinski definition) is 3. The zero-order valence-corrected chi connectivity index (χ0v) is 12.9. The molecule has 1 heterocycles. The Hall–Kier alpha value is -1.52. The summed E-state index contributed by atoms with van der Waals surface area (Å²) in [5.74, 6) is 2.94. The molecule has 0 radical (unpaired) electrons. The molecule has 2 N–H and O–H groups in total. The molecule has 0 saturated heterocycles. The Balaban J connectivity index is 1.84. The lowest BCUT2D eigenvalue weighted by Gasteiger charge is -2.09. The molecular weight excluding hydrogens is 252 g/mol. The van der Waals surface area contributed by atoms with Gasteiger partial charge in [-0.15, -0.1) is 0 Å². The SMILES string of the molecule is CCC(CC)c1cc(CNC(=NC)NC2CC2C)on1. The Labute approximate surface area is 121 Å². The second kappa shape index (κ2) is 6.77. The van der Waals surface area contributed by atoms with Gasteiger partial charge >= 0.3 is 0 Å². The first-order valence-corrected chi connectivity index (χ1v) is 7.60. The molecule has 2 rings (SSSR count). The average Bonchev–Trinajstić information content (AvgIpc) is 2.95. The topological polar surface area (TPSA) is 62.5 Å². The van der Waals surface area contributed by atoms with Gasteiger partial charge in [-0.05, 0) is 25.2 Å². The normalized spacial score (nSPS) is 22.1. The van der Waals surface area contributed by atoms with E-state index >= 15 is 0 Å². The zero-order chi connectivity index (χ0) is 14.5. The van der Waals surface area contributed by atoms with Crippen LogP contribution in [0.5, 0.6) is 0 Å². The van der Waals surface area contributed by atoms with Gasteiger partial charge in [-0.1, -0.05) is 25.9 Å². The standard InChI is InChI=1S/C15H26N4O/c1-5-11(6-2)14-8-12(20-19-14)9-17-15(16-4)18-13-7-10(13)3/h8,10-11,13H,5-7,9H2,1-4H3,(H2,16,17,18). The van der Waals surface area contributed by atoms with Gasteiger partial charge in [0, 0.05) is 25.1 Å². The van der Waals surface area contributed by atoms with Gasteiger partial charge in [0.05, 0.1) is 12.2 Å². The number of nitrogens with zero attached hydrogens (tertiary/aromatic N) is 2. The van der Waals surface area contributed by atoms with Crippen LogP contribution in [-0.2, 0) is 6.54 Å². The highest BCUT2D eigenvalue weighted by molar-refractivity contribution is 5.80. The van der Waals surface area contributed by atoms with Crippen molar-refractivity contribution in [3.8, 4) is 0 Å². The molecule has 1 aliphatic rings. The van der Waals surface area contributed by atoms with Crippen LogP contribution in [0.25, 0.3) is 0 Å². The summed E-state index contributed by atoms with van der Waals surface area (Å²) < 4.78 is 5.39. The van der Waals surface area contributed by atoms with E-state index in [0.29, 0.717) is 18.5 Å². The summed E-state index contributed by atoms with van der Waals surface area (Å²) in [6.07, 6.45) is 3.42. The fraction of sp³-hybridized carbons (Fsp3) is 0.733. The van der Waals surface area contributed by atoms with Crippen molar-refractivity contribution < 1.29 is 4.52 Å². The first kappa shape index (κ1) is 14.9. The number of rotatable bonds is 6. The van der Waals surface area contributed by atoms with Gasteiger partial charge in [-0.3, -0.25) is 4.99 Å². The summed E-state index contributed by atoms with van der Waals surface area (Å²) in [6, 6.07) is 2.62. The molecule has 0 bridgehead atoms. The fourth-order valence-corrected chi connectivity index (χ4v) is 2.38. The minimum absolute atomic E-state index is 0.497.